The van der Waals surface area contributed by atoms with E-state index < -0.39 is 0 Å². The number of rotatable bonds is 2. The van der Waals surface area contributed by atoms with Crippen molar-refractivity contribution in [2.45, 2.75) is 12.3 Å². The second-order valence-corrected chi connectivity index (χ2v) is 5.56. The van der Waals surface area contributed by atoms with Crippen LogP contribution in [0.5, 0.6) is 0 Å². The molecule has 4 rings (SSSR count). The van der Waals surface area contributed by atoms with E-state index in [2.05, 4.69) is 22.3 Å². The molecule has 5 heteroatoms. The molecule has 1 heterocycles. The topological polar surface area (TPSA) is 64.9 Å². The highest BCUT2D eigenvalue weighted by molar-refractivity contribution is 6.33. The Morgan fingerprint density at radius 3 is 2.86 bits per heavy atom. The fraction of sp³-hybridized carbons (Fsp3) is 0.125. The fourth-order valence-corrected chi connectivity index (χ4v) is 2.82. The van der Waals surface area contributed by atoms with E-state index in [1.807, 2.05) is 18.2 Å². The van der Waals surface area contributed by atoms with Gasteiger partial charge in [-0.3, -0.25) is 0 Å². The van der Waals surface area contributed by atoms with Crippen molar-refractivity contribution in [2.24, 2.45) is 0 Å². The summed E-state index contributed by atoms with van der Waals surface area (Å²) in [5.74, 6) is 1.41. The number of nitrogens with zero attached hydrogens (tertiary/aromatic N) is 2. The highest BCUT2D eigenvalue weighted by Crippen LogP contribution is 2.39. The summed E-state index contributed by atoms with van der Waals surface area (Å²) in [5, 5.41) is 4.59. The van der Waals surface area contributed by atoms with E-state index in [-0.39, 0.29) is 5.92 Å². The van der Waals surface area contributed by atoms with Crippen LogP contribution in [0.1, 0.15) is 22.9 Å². The van der Waals surface area contributed by atoms with Gasteiger partial charge in [-0.2, -0.15) is 4.98 Å². The highest BCUT2D eigenvalue weighted by atomic mass is 35.5. The first-order chi connectivity index (χ1) is 10.2. The molecule has 1 aromatic heterocycles. The van der Waals surface area contributed by atoms with Crippen molar-refractivity contribution in [3.63, 3.8) is 0 Å². The van der Waals surface area contributed by atoms with E-state index in [4.69, 9.17) is 21.9 Å². The number of halogens is 1. The molecular formula is C16H12ClN3O. The smallest absolute Gasteiger partial charge is 0.257 e. The van der Waals surface area contributed by atoms with E-state index in [1.165, 1.54) is 11.1 Å². The van der Waals surface area contributed by atoms with E-state index in [9.17, 15) is 0 Å². The Balaban J connectivity index is 1.66. The van der Waals surface area contributed by atoms with Crippen LogP contribution in [0.4, 0.5) is 5.69 Å². The van der Waals surface area contributed by atoms with Crippen LogP contribution in [0.15, 0.2) is 47.0 Å². The number of nitrogens with two attached hydrogens (primary N) is 1. The summed E-state index contributed by atoms with van der Waals surface area (Å²) in [6, 6.07) is 13.6. The monoisotopic (exact) mass is 297 g/mol. The predicted molar refractivity (Wildman–Crippen MR) is 81.1 cm³/mol. The molecule has 0 radical (unpaired) electrons. The Labute approximate surface area is 126 Å². The predicted octanol–water partition coefficient (Wildman–Crippen LogP) is 3.66. The molecule has 1 unspecified atom stereocenters. The molecule has 1 atom stereocenters. The summed E-state index contributed by atoms with van der Waals surface area (Å²) in [4.78, 5) is 4.49. The van der Waals surface area contributed by atoms with Gasteiger partial charge in [-0.15, -0.1) is 0 Å². The van der Waals surface area contributed by atoms with Gasteiger partial charge in [-0.25, -0.2) is 0 Å². The Bertz CT molecular complexity index is 828. The molecule has 1 aliphatic rings. The Hall–Kier alpha value is -2.33. The molecule has 0 bridgehead atoms. The van der Waals surface area contributed by atoms with Gasteiger partial charge in [0.05, 0.1) is 16.6 Å². The van der Waals surface area contributed by atoms with Gasteiger partial charge in [-0.05, 0) is 35.7 Å². The largest absolute Gasteiger partial charge is 0.398 e. The lowest BCUT2D eigenvalue weighted by Crippen LogP contribution is -2.19. The summed E-state index contributed by atoms with van der Waals surface area (Å²) in [6.07, 6.45) is 0.956. The summed E-state index contributed by atoms with van der Waals surface area (Å²) >= 11 is 6.02. The van der Waals surface area contributed by atoms with Crippen LogP contribution in [-0.2, 0) is 6.42 Å². The van der Waals surface area contributed by atoms with Crippen molar-refractivity contribution >= 4 is 17.3 Å². The van der Waals surface area contributed by atoms with Gasteiger partial charge < -0.3 is 10.3 Å². The second kappa shape index (κ2) is 4.60. The summed E-state index contributed by atoms with van der Waals surface area (Å²) in [6.45, 7) is 0. The van der Waals surface area contributed by atoms with Crippen LogP contribution in [0, 0.1) is 0 Å². The van der Waals surface area contributed by atoms with Crippen LogP contribution >= 0.6 is 11.6 Å². The lowest BCUT2D eigenvalue weighted by Gasteiger charge is -2.27. The van der Waals surface area contributed by atoms with Crippen molar-refractivity contribution in [3.8, 4) is 11.5 Å². The van der Waals surface area contributed by atoms with Crippen LogP contribution < -0.4 is 5.73 Å². The third-order valence-corrected chi connectivity index (χ3v) is 4.18. The lowest BCUT2D eigenvalue weighted by molar-refractivity contribution is 0.416. The molecule has 2 N–H and O–H groups in total. The Morgan fingerprint density at radius 1 is 1.19 bits per heavy atom. The van der Waals surface area contributed by atoms with Crippen molar-refractivity contribution in [2.75, 3.05) is 5.73 Å². The second-order valence-electron chi connectivity index (χ2n) is 5.15. The van der Waals surface area contributed by atoms with Gasteiger partial charge in [0.2, 0.25) is 0 Å². The zero-order chi connectivity index (χ0) is 14.4. The minimum Gasteiger partial charge on any atom is -0.398 e. The minimum absolute atomic E-state index is 0.225. The van der Waals surface area contributed by atoms with Crippen LogP contribution in [0.2, 0.25) is 5.02 Å². The summed E-state index contributed by atoms with van der Waals surface area (Å²) in [5.41, 5.74) is 9.65. The third-order valence-electron chi connectivity index (χ3n) is 3.86. The first kappa shape index (κ1) is 12.4. The maximum Gasteiger partial charge on any atom is 0.257 e. The van der Waals surface area contributed by atoms with Gasteiger partial charge >= 0.3 is 0 Å². The summed E-state index contributed by atoms with van der Waals surface area (Å²) in [7, 11) is 0. The van der Waals surface area contributed by atoms with E-state index >= 15 is 0 Å². The van der Waals surface area contributed by atoms with Gasteiger partial charge in [0.1, 0.15) is 0 Å². The first-order valence-corrected chi connectivity index (χ1v) is 7.07. The molecule has 0 amide bonds. The average Bonchev–Trinajstić information content (AvgIpc) is 2.93. The fourth-order valence-electron chi connectivity index (χ4n) is 2.64. The number of anilines is 1. The zero-order valence-corrected chi connectivity index (χ0v) is 11.8. The molecule has 0 saturated heterocycles. The summed E-state index contributed by atoms with van der Waals surface area (Å²) < 4.78 is 5.36. The molecular weight excluding hydrogens is 286 g/mol. The van der Waals surface area contributed by atoms with Crippen molar-refractivity contribution in [1.82, 2.24) is 10.1 Å². The third kappa shape index (κ3) is 1.99. The molecule has 0 fully saturated rings. The number of fused-ring (bicyclic) bond motifs is 1. The maximum atomic E-state index is 6.02. The molecule has 0 spiro atoms. The Morgan fingerprint density at radius 2 is 2.05 bits per heavy atom. The highest BCUT2D eigenvalue weighted by Gasteiger charge is 2.31. The minimum atomic E-state index is 0.225. The number of aromatic nitrogens is 2. The van der Waals surface area contributed by atoms with Crippen molar-refractivity contribution in [3.05, 3.63) is 64.4 Å². The number of hydrogen-bond acceptors (Lipinski definition) is 4. The normalized spacial score (nSPS) is 16.3. The maximum absolute atomic E-state index is 6.02. The van der Waals surface area contributed by atoms with Crippen molar-refractivity contribution < 1.29 is 4.52 Å². The van der Waals surface area contributed by atoms with Crippen LogP contribution in [-0.4, -0.2) is 10.1 Å². The molecule has 0 saturated carbocycles. The van der Waals surface area contributed by atoms with E-state index in [0.717, 1.165) is 17.8 Å². The van der Waals surface area contributed by atoms with Gasteiger partial charge in [0.25, 0.3) is 5.89 Å². The van der Waals surface area contributed by atoms with Gasteiger partial charge in [0.15, 0.2) is 5.82 Å². The lowest BCUT2D eigenvalue weighted by atomic mass is 9.77. The molecule has 4 nitrogen and oxygen atoms in total. The van der Waals surface area contributed by atoms with Crippen LogP contribution in [0.3, 0.4) is 0 Å². The molecule has 3 aromatic rings. The average molecular weight is 298 g/mol. The molecule has 0 aliphatic heterocycles. The van der Waals surface area contributed by atoms with E-state index in [1.54, 1.807) is 12.1 Å². The van der Waals surface area contributed by atoms with Gasteiger partial charge in [0, 0.05) is 5.56 Å². The quantitative estimate of drug-likeness (QED) is 0.733. The molecule has 1 aliphatic carbocycles. The zero-order valence-electron chi connectivity index (χ0n) is 11.1. The van der Waals surface area contributed by atoms with Gasteiger partial charge in [-0.1, -0.05) is 41.0 Å². The molecule has 21 heavy (non-hydrogen) atoms. The standard InChI is InChI=1S/C16H12ClN3O/c17-13-8-10(5-6-14(13)18)16-19-15(20-21-16)12-7-9-3-1-2-4-11(9)12/h1-6,8,12H,7,18H2. The molecule has 2 aromatic carbocycles. The number of hydrogen-bond donors (Lipinski definition) is 1. The Kier molecular flexibility index (Phi) is 2.72. The number of benzene rings is 2. The first-order valence-electron chi connectivity index (χ1n) is 6.69. The number of nitrogen functional groups attached to an aromatic ring is 1. The van der Waals surface area contributed by atoms with Crippen molar-refractivity contribution in [1.29, 1.82) is 0 Å². The molecule has 104 valence electrons. The van der Waals surface area contributed by atoms with Crippen LogP contribution in [0.25, 0.3) is 11.5 Å². The SMILES string of the molecule is Nc1ccc(-c2nc(C3Cc4ccccc43)no2)cc1Cl. The van der Waals surface area contributed by atoms with E-state index in [0.29, 0.717) is 16.6 Å².